The molecule has 0 aromatic heterocycles. The molecule has 2 fully saturated rings. The van der Waals surface area contributed by atoms with E-state index in [4.69, 9.17) is 16.3 Å². The molecule has 1 amide bonds. The molecule has 108 valence electrons. The van der Waals surface area contributed by atoms with Gasteiger partial charge in [-0.15, -0.1) is 0 Å². The molecule has 1 spiro atoms. The highest BCUT2D eigenvalue weighted by Gasteiger charge is 2.65. The minimum Gasteiger partial charge on any atom is -0.550 e. The van der Waals surface area contributed by atoms with Gasteiger partial charge in [0, 0.05) is 22.6 Å². The maximum absolute atomic E-state index is 12.7. The second-order valence-electron chi connectivity index (χ2n) is 5.62. The van der Waals surface area contributed by atoms with E-state index >= 15 is 0 Å². The van der Waals surface area contributed by atoms with Crippen LogP contribution >= 0.6 is 11.6 Å². The number of rotatable bonds is 2. The molecular formula is C15H11ClNO4-. The molecule has 3 aliphatic heterocycles. The average Bonchev–Trinajstić information content (AvgIpc) is 3.07. The SMILES string of the molecule is O=C([O-])[C@@H]1[C@@H]2C=C[C@@]3(CN(c4cccc(Cl)c4)C(=O)[C@@H]13)O2. The van der Waals surface area contributed by atoms with Crippen LogP contribution in [0.15, 0.2) is 36.4 Å². The van der Waals surface area contributed by atoms with E-state index in [9.17, 15) is 14.7 Å². The third kappa shape index (κ3) is 1.61. The number of carbonyl (C=O) groups is 2. The van der Waals surface area contributed by atoms with E-state index in [1.54, 1.807) is 35.2 Å². The van der Waals surface area contributed by atoms with Crippen molar-refractivity contribution in [3.8, 4) is 0 Å². The molecule has 1 aromatic carbocycles. The van der Waals surface area contributed by atoms with Gasteiger partial charge in [-0.3, -0.25) is 4.79 Å². The lowest BCUT2D eigenvalue weighted by Crippen LogP contribution is -2.45. The Balaban J connectivity index is 1.75. The fourth-order valence-corrected chi connectivity index (χ4v) is 3.81. The summed E-state index contributed by atoms with van der Waals surface area (Å²) in [5, 5.41) is 11.9. The van der Waals surface area contributed by atoms with Crippen molar-refractivity contribution < 1.29 is 19.4 Å². The lowest BCUT2D eigenvalue weighted by Gasteiger charge is -2.24. The molecule has 1 aromatic rings. The fraction of sp³-hybridized carbons (Fsp3) is 0.333. The molecule has 0 radical (unpaired) electrons. The number of benzene rings is 1. The number of ether oxygens (including phenoxy) is 1. The molecule has 0 saturated carbocycles. The Labute approximate surface area is 125 Å². The summed E-state index contributed by atoms with van der Waals surface area (Å²) in [5.41, 5.74) is -0.205. The molecule has 2 saturated heterocycles. The monoisotopic (exact) mass is 304 g/mol. The molecule has 0 aliphatic carbocycles. The highest BCUT2D eigenvalue weighted by atomic mass is 35.5. The van der Waals surface area contributed by atoms with Crippen molar-refractivity contribution >= 4 is 29.2 Å². The number of nitrogens with zero attached hydrogens (tertiary/aromatic N) is 1. The number of carbonyl (C=O) groups excluding carboxylic acids is 2. The smallest absolute Gasteiger partial charge is 0.234 e. The first-order valence-corrected chi connectivity index (χ1v) is 7.05. The van der Waals surface area contributed by atoms with E-state index < -0.39 is 29.5 Å². The van der Waals surface area contributed by atoms with Crippen LogP contribution in [0, 0.1) is 11.8 Å². The largest absolute Gasteiger partial charge is 0.550 e. The number of hydrogen-bond acceptors (Lipinski definition) is 4. The van der Waals surface area contributed by atoms with Gasteiger partial charge in [-0.1, -0.05) is 29.8 Å². The van der Waals surface area contributed by atoms with Gasteiger partial charge < -0.3 is 19.5 Å². The van der Waals surface area contributed by atoms with Crippen molar-refractivity contribution in [2.45, 2.75) is 11.7 Å². The fourth-order valence-electron chi connectivity index (χ4n) is 3.63. The summed E-state index contributed by atoms with van der Waals surface area (Å²) in [6.45, 7) is 0.299. The molecule has 4 rings (SSSR count). The lowest BCUT2D eigenvalue weighted by atomic mass is 9.77. The van der Waals surface area contributed by atoms with E-state index in [1.807, 2.05) is 6.08 Å². The summed E-state index contributed by atoms with van der Waals surface area (Å²) in [6, 6.07) is 6.92. The quantitative estimate of drug-likeness (QED) is 0.741. The van der Waals surface area contributed by atoms with E-state index in [-0.39, 0.29) is 5.91 Å². The van der Waals surface area contributed by atoms with Gasteiger partial charge in [-0.2, -0.15) is 0 Å². The highest BCUT2D eigenvalue weighted by Crippen LogP contribution is 2.52. The van der Waals surface area contributed by atoms with Crippen molar-refractivity contribution in [3.63, 3.8) is 0 Å². The van der Waals surface area contributed by atoms with Gasteiger partial charge >= 0.3 is 0 Å². The van der Waals surface area contributed by atoms with E-state index in [0.717, 1.165) is 0 Å². The summed E-state index contributed by atoms with van der Waals surface area (Å²) in [4.78, 5) is 25.6. The van der Waals surface area contributed by atoms with Crippen LogP contribution in [0.2, 0.25) is 5.02 Å². The average molecular weight is 305 g/mol. The van der Waals surface area contributed by atoms with Gasteiger partial charge in [0.15, 0.2) is 0 Å². The van der Waals surface area contributed by atoms with Crippen LogP contribution < -0.4 is 10.0 Å². The van der Waals surface area contributed by atoms with Crippen molar-refractivity contribution in [3.05, 3.63) is 41.4 Å². The van der Waals surface area contributed by atoms with Crippen LogP contribution in [0.5, 0.6) is 0 Å². The van der Waals surface area contributed by atoms with Gasteiger partial charge in [-0.25, -0.2) is 0 Å². The van der Waals surface area contributed by atoms with E-state index in [0.29, 0.717) is 17.3 Å². The molecule has 0 unspecified atom stereocenters. The van der Waals surface area contributed by atoms with Crippen molar-refractivity contribution in [1.82, 2.24) is 0 Å². The Morgan fingerprint density at radius 2 is 2.29 bits per heavy atom. The van der Waals surface area contributed by atoms with Crippen molar-refractivity contribution in [2.75, 3.05) is 11.4 Å². The first-order chi connectivity index (χ1) is 10.0. The summed E-state index contributed by atoms with van der Waals surface area (Å²) in [6.07, 6.45) is 2.96. The van der Waals surface area contributed by atoms with E-state index in [2.05, 4.69) is 0 Å². The zero-order chi connectivity index (χ0) is 14.8. The van der Waals surface area contributed by atoms with Gasteiger partial charge in [-0.05, 0) is 18.2 Å². The second-order valence-corrected chi connectivity index (χ2v) is 6.06. The maximum atomic E-state index is 12.7. The number of hydrogen-bond donors (Lipinski definition) is 0. The third-order valence-electron chi connectivity index (χ3n) is 4.49. The number of carboxylic acid groups (broad SMARTS) is 1. The summed E-state index contributed by atoms with van der Waals surface area (Å²) in [7, 11) is 0. The predicted molar refractivity (Wildman–Crippen MR) is 72.5 cm³/mol. The zero-order valence-corrected chi connectivity index (χ0v) is 11.6. The lowest BCUT2D eigenvalue weighted by molar-refractivity contribution is -0.313. The normalized spacial score (nSPS) is 36.3. The first kappa shape index (κ1) is 12.9. The van der Waals surface area contributed by atoms with Gasteiger partial charge in [0.25, 0.3) is 0 Å². The standard InChI is InChI=1S/C15H12ClNO4/c16-8-2-1-3-9(6-8)17-7-15-5-4-10(21-15)11(14(19)20)12(15)13(17)18/h1-6,10-12H,7H2,(H,19,20)/p-1/t10-,11+,12+,15-/m0/s1. The van der Waals surface area contributed by atoms with Crippen LogP contribution in [0.25, 0.3) is 0 Å². The van der Waals surface area contributed by atoms with Gasteiger partial charge in [0.2, 0.25) is 5.91 Å². The van der Waals surface area contributed by atoms with E-state index in [1.165, 1.54) is 0 Å². The van der Waals surface area contributed by atoms with Crippen LogP contribution in [0.4, 0.5) is 5.69 Å². The van der Waals surface area contributed by atoms with Crippen molar-refractivity contribution in [2.24, 2.45) is 11.8 Å². The molecule has 21 heavy (non-hydrogen) atoms. The number of amides is 1. The summed E-state index contributed by atoms with van der Waals surface area (Å²) in [5.74, 6) is -3.14. The maximum Gasteiger partial charge on any atom is 0.234 e. The van der Waals surface area contributed by atoms with Crippen LogP contribution in [0.1, 0.15) is 0 Å². The Kier molecular flexibility index (Phi) is 2.50. The topological polar surface area (TPSA) is 69.7 Å². The number of halogens is 1. The minimum atomic E-state index is -1.24. The molecule has 3 aliphatic rings. The molecule has 5 nitrogen and oxygen atoms in total. The van der Waals surface area contributed by atoms with Crippen LogP contribution in [-0.4, -0.2) is 30.1 Å². The Bertz CT molecular complexity index is 688. The number of carboxylic acids is 1. The molecule has 0 N–H and O–H groups in total. The van der Waals surface area contributed by atoms with Crippen LogP contribution in [0.3, 0.4) is 0 Å². The Morgan fingerprint density at radius 3 is 3.00 bits per heavy atom. The number of fused-ring (bicyclic) bond motifs is 1. The molecule has 4 atom stereocenters. The van der Waals surface area contributed by atoms with Gasteiger partial charge in [0.05, 0.1) is 18.6 Å². The minimum absolute atomic E-state index is 0.252. The third-order valence-corrected chi connectivity index (χ3v) is 4.73. The summed E-state index contributed by atoms with van der Waals surface area (Å²) < 4.78 is 5.78. The predicted octanol–water partition coefficient (Wildman–Crippen LogP) is 0.376. The zero-order valence-electron chi connectivity index (χ0n) is 10.9. The molecule has 2 bridgehead atoms. The number of aliphatic carboxylic acids is 1. The van der Waals surface area contributed by atoms with Crippen molar-refractivity contribution in [1.29, 1.82) is 0 Å². The Hall–Kier alpha value is -1.85. The molecule has 6 heteroatoms. The molecular weight excluding hydrogens is 294 g/mol. The second kappa shape index (κ2) is 4.08. The van der Waals surface area contributed by atoms with Crippen LogP contribution in [-0.2, 0) is 14.3 Å². The number of anilines is 1. The first-order valence-electron chi connectivity index (χ1n) is 6.67. The highest BCUT2D eigenvalue weighted by molar-refractivity contribution is 6.31. The Morgan fingerprint density at radius 1 is 1.48 bits per heavy atom. The molecule has 3 heterocycles. The van der Waals surface area contributed by atoms with Gasteiger partial charge in [0.1, 0.15) is 5.60 Å². The summed E-state index contributed by atoms with van der Waals surface area (Å²) >= 11 is 5.96.